The molecule has 0 spiro atoms. The predicted molar refractivity (Wildman–Crippen MR) is 190 cm³/mol. The molecule has 7 rings (SSSR count). The van der Waals surface area contributed by atoms with E-state index in [1.54, 1.807) is 22.9 Å². The van der Waals surface area contributed by atoms with Gasteiger partial charge >= 0.3 is 0 Å². The topological polar surface area (TPSA) is 95.4 Å². The third-order valence-corrected chi connectivity index (χ3v) is 10.9. The van der Waals surface area contributed by atoms with E-state index >= 15 is 0 Å². The van der Waals surface area contributed by atoms with E-state index < -0.39 is 5.82 Å². The number of carbonyl (C=O) groups excluding carboxylic acids is 1. The van der Waals surface area contributed by atoms with Gasteiger partial charge in [0.2, 0.25) is 11.9 Å². The number of hydrogen-bond acceptors (Lipinski definition) is 7. The number of amides is 1. The van der Waals surface area contributed by atoms with Crippen molar-refractivity contribution in [1.82, 2.24) is 24.8 Å². The second-order valence-corrected chi connectivity index (χ2v) is 14.0. The van der Waals surface area contributed by atoms with E-state index in [1.807, 2.05) is 19.1 Å². The van der Waals surface area contributed by atoms with Gasteiger partial charge in [0.1, 0.15) is 11.5 Å². The third-order valence-electron chi connectivity index (χ3n) is 10.6. The zero-order valence-corrected chi connectivity index (χ0v) is 28.4. The van der Waals surface area contributed by atoms with Crippen molar-refractivity contribution in [2.24, 2.45) is 5.92 Å². The molecule has 0 bridgehead atoms. The zero-order chi connectivity index (χ0) is 33.4. The van der Waals surface area contributed by atoms with Gasteiger partial charge in [-0.05, 0) is 88.4 Å². The van der Waals surface area contributed by atoms with E-state index in [0.29, 0.717) is 46.5 Å². The van der Waals surface area contributed by atoms with Crippen LogP contribution in [-0.4, -0.2) is 64.6 Å². The lowest BCUT2D eigenvalue weighted by Gasteiger charge is -2.34. The summed E-state index contributed by atoms with van der Waals surface area (Å²) in [5.74, 6) is 0.0940. The first-order valence-corrected chi connectivity index (χ1v) is 17.6. The number of piperazine rings is 1. The predicted octanol–water partition coefficient (Wildman–Crippen LogP) is 6.84. The summed E-state index contributed by atoms with van der Waals surface area (Å²) in [6.45, 7) is 5.90. The van der Waals surface area contributed by atoms with Crippen molar-refractivity contribution in [1.29, 1.82) is 0 Å². The Bertz CT molecular complexity index is 1860. The number of likely N-dealkylation sites (N-methyl/N-ethyl adjacent to an activating group) is 1. The number of rotatable bonds is 7. The number of fused-ring (bicyclic) bond motifs is 1. The van der Waals surface area contributed by atoms with Crippen LogP contribution in [0.25, 0.3) is 22.2 Å². The maximum Gasteiger partial charge on any atom is 0.260 e. The number of nitrogens with zero attached hydrogens (tertiary/aromatic N) is 5. The Balaban J connectivity index is 1.20. The van der Waals surface area contributed by atoms with Crippen molar-refractivity contribution in [3.05, 3.63) is 75.4 Å². The van der Waals surface area contributed by atoms with Crippen LogP contribution >= 0.6 is 11.6 Å². The highest BCUT2D eigenvalue weighted by molar-refractivity contribution is 6.33. The molecular weight excluding hydrogens is 629 g/mol. The van der Waals surface area contributed by atoms with Crippen molar-refractivity contribution >= 4 is 45.9 Å². The molecule has 2 aromatic heterocycles. The molecule has 252 valence electrons. The van der Waals surface area contributed by atoms with Crippen LogP contribution in [0.15, 0.2) is 53.5 Å². The molecule has 4 aromatic rings. The summed E-state index contributed by atoms with van der Waals surface area (Å²) in [5, 5.41) is 7.24. The maximum absolute atomic E-state index is 14.6. The number of benzene rings is 2. The van der Waals surface area contributed by atoms with Gasteiger partial charge in [-0.15, -0.1) is 0 Å². The van der Waals surface area contributed by atoms with Crippen LogP contribution in [0, 0.1) is 18.7 Å². The lowest BCUT2D eigenvalue weighted by Crippen LogP contribution is -2.44. The summed E-state index contributed by atoms with van der Waals surface area (Å²) in [4.78, 5) is 41.7. The van der Waals surface area contributed by atoms with E-state index in [0.717, 1.165) is 70.4 Å². The average molecular weight is 672 g/mol. The van der Waals surface area contributed by atoms with Gasteiger partial charge in [0, 0.05) is 72.7 Å². The molecule has 2 aliphatic carbocycles. The lowest BCUT2D eigenvalue weighted by molar-refractivity contribution is -0.125. The van der Waals surface area contributed by atoms with E-state index in [9.17, 15) is 14.0 Å². The Morgan fingerprint density at radius 3 is 2.38 bits per heavy atom. The first-order valence-electron chi connectivity index (χ1n) is 17.2. The fourth-order valence-corrected chi connectivity index (χ4v) is 7.90. The van der Waals surface area contributed by atoms with Crippen LogP contribution in [0.2, 0.25) is 5.02 Å². The van der Waals surface area contributed by atoms with Crippen molar-refractivity contribution in [2.45, 2.75) is 70.4 Å². The van der Waals surface area contributed by atoms with Crippen molar-refractivity contribution < 1.29 is 9.18 Å². The second kappa shape index (κ2) is 13.8. The van der Waals surface area contributed by atoms with Gasteiger partial charge in [0.05, 0.1) is 10.6 Å². The molecular formula is C37H43ClFN7O2. The fraction of sp³-hybridized carbons (Fsp3) is 0.459. The molecule has 0 unspecified atom stereocenters. The number of halogens is 2. The van der Waals surface area contributed by atoms with Gasteiger partial charge in [-0.2, -0.15) is 4.98 Å². The Hall–Kier alpha value is -4.02. The third kappa shape index (κ3) is 6.52. The molecule has 3 heterocycles. The van der Waals surface area contributed by atoms with Gasteiger partial charge in [0.15, 0.2) is 0 Å². The molecule has 2 N–H and O–H groups in total. The number of carbonyl (C=O) groups is 1. The summed E-state index contributed by atoms with van der Waals surface area (Å²) in [7, 11) is 2.15. The fourth-order valence-electron chi connectivity index (χ4n) is 7.68. The second-order valence-electron chi connectivity index (χ2n) is 13.7. The van der Waals surface area contributed by atoms with Crippen LogP contribution < -0.4 is 21.1 Å². The number of anilines is 3. The summed E-state index contributed by atoms with van der Waals surface area (Å²) >= 11 is 6.46. The van der Waals surface area contributed by atoms with Crippen molar-refractivity contribution in [3.63, 3.8) is 0 Å². The number of aromatic nitrogens is 3. The summed E-state index contributed by atoms with van der Waals surface area (Å²) in [6.07, 6.45) is 8.82. The standard InChI is InChI=1S/C37H43ClFN7O2/c1-23-30-22-40-37(42-26-10-14-27(15-11-26)45-20-18-44(2)19-21-45)43-34(30)46(36(48)32(23)29-8-5-9-31(39)33(29)38)28-16-12-25(13-17-28)41-35(47)24-6-3-4-7-24/h5,8-11,14-15,22,24-25,28H,3-4,6-7,12-13,16-21H2,1-2H3,(H,41,47)(H,40,42,43)/t25-,28+. The molecule has 1 amide bonds. The summed E-state index contributed by atoms with van der Waals surface area (Å²) in [5.41, 5.74) is 3.66. The molecule has 2 aromatic carbocycles. The minimum Gasteiger partial charge on any atom is -0.369 e. The monoisotopic (exact) mass is 671 g/mol. The first-order chi connectivity index (χ1) is 23.3. The molecule has 2 saturated carbocycles. The highest BCUT2D eigenvalue weighted by atomic mass is 35.5. The van der Waals surface area contributed by atoms with Gasteiger partial charge in [0.25, 0.3) is 5.56 Å². The van der Waals surface area contributed by atoms with Gasteiger partial charge < -0.3 is 20.4 Å². The quantitative estimate of drug-likeness (QED) is 0.222. The van der Waals surface area contributed by atoms with E-state index in [1.165, 1.54) is 11.8 Å². The molecule has 11 heteroatoms. The largest absolute Gasteiger partial charge is 0.369 e. The lowest BCUT2D eigenvalue weighted by atomic mass is 9.89. The molecule has 48 heavy (non-hydrogen) atoms. The minimum atomic E-state index is -0.576. The van der Waals surface area contributed by atoms with Crippen LogP contribution in [0.5, 0.6) is 0 Å². The summed E-state index contributed by atoms with van der Waals surface area (Å²) < 4.78 is 16.4. The van der Waals surface area contributed by atoms with Crippen LogP contribution in [0.3, 0.4) is 0 Å². The Kier molecular flexibility index (Phi) is 9.38. The molecule has 9 nitrogen and oxygen atoms in total. The Morgan fingerprint density at radius 1 is 0.958 bits per heavy atom. The number of nitrogens with one attached hydrogen (secondary N) is 2. The van der Waals surface area contributed by atoms with Crippen molar-refractivity contribution in [3.8, 4) is 11.1 Å². The Labute approximate surface area is 285 Å². The van der Waals surface area contributed by atoms with Crippen LogP contribution in [-0.2, 0) is 4.79 Å². The number of aryl methyl sites for hydroxylation is 1. The van der Waals surface area contributed by atoms with Crippen LogP contribution in [0.1, 0.15) is 63.0 Å². The number of pyridine rings is 1. The SMILES string of the molecule is Cc1c(-c2cccc(F)c2Cl)c(=O)n([C@H]2CC[C@@H](NC(=O)C3CCCC3)CC2)c2nc(Nc3ccc(N4CCN(C)CC4)cc3)ncc12. The normalized spacial score (nSPS) is 20.7. The Morgan fingerprint density at radius 2 is 1.67 bits per heavy atom. The number of hydrogen-bond donors (Lipinski definition) is 2. The maximum atomic E-state index is 14.6. The molecule has 0 radical (unpaired) electrons. The van der Waals surface area contributed by atoms with Crippen molar-refractivity contribution in [2.75, 3.05) is 43.4 Å². The first kappa shape index (κ1) is 32.5. The van der Waals surface area contributed by atoms with Crippen LogP contribution in [0.4, 0.5) is 21.7 Å². The summed E-state index contributed by atoms with van der Waals surface area (Å²) in [6, 6.07) is 12.7. The molecule has 1 saturated heterocycles. The molecule has 3 fully saturated rings. The van der Waals surface area contributed by atoms with E-state index in [2.05, 4.69) is 44.6 Å². The van der Waals surface area contributed by atoms with Gasteiger partial charge in [-0.3, -0.25) is 14.2 Å². The minimum absolute atomic E-state index is 0.0823. The average Bonchev–Trinajstić information content (AvgIpc) is 3.64. The van der Waals surface area contributed by atoms with Gasteiger partial charge in [-0.25, -0.2) is 9.37 Å². The molecule has 1 aliphatic heterocycles. The molecule has 0 atom stereocenters. The van der Waals surface area contributed by atoms with Gasteiger partial charge in [-0.1, -0.05) is 36.6 Å². The zero-order valence-electron chi connectivity index (χ0n) is 27.6. The molecule has 3 aliphatic rings. The highest BCUT2D eigenvalue weighted by Gasteiger charge is 2.31. The van der Waals surface area contributed by atoms with E-state index in [4.69, 9.17) is 16.6 Å². The highest BCUT2D eigenvalue weighted by Crippen LogP contribution is 2.36. The van der Waals surface area contributed by atoms with E-state index in [-0.39, 0.29) is 34.5 Å². The smallest absolute Gasteiger partial charge is 0.260 e.